The number of thioether (sulfide) groups is 1. The minimum atomic E-state index is 0. The molecular weight excluding hydrogens is 328 g/mol. The molecule has 0 aromatic heterocycles. The number of carbonyl (C=O) groups excluding carboxylic acids is 1. The highest BCUT2D eigenvalue weighted by atomic mass is 35.5. The molecule has 1 saturated carbocycles. The SMILES string of the molecule is Cl.NCC1(CC(=O)NC2CCSc3ccccc32)CCCCC1. The maximum absolute atomic E-state index is 12.6. The summed E-state index contributed by atoms with van der Waals surface area (Å²) in [6, 6.07) is 8.60. The van der Waals surface area contributed by atoms with E-state index in [0.29, 0.717) is 13.0 Å². The summed E-state index contributed by atoms with van der Waals surface area (Å²) >= 11 is 1.89. The van der Waals surface area contributed by atoms with Crippen LogP contribution in [0.15, 0.2) is 29.2 Å². The second-order valence-corrected chi connectivity index (χ2v) is 7.87. The van der Waals surface area contributed by atoms with Crippen LogP contribution in [0.2, 0.25) is 0 Å². The van der Waals surface area contributed by atoms with E-state index < -0.39 is 0 Å². The number of nitrogens with one attached hydrogen (secondary N) is 1. The van der Waals surface area contributed by atoms with Gasteiger partial charge in [-0.1, -0.05) is 37.5 Å². The zero-order valence-electron chi connectivity index (χ0n) is 13.6. The molecule has 3 nitrogen and oxygen atoms in total. The van der Waals surface area contributed by atoms with Crippen molar-refractivity contribution in [1.29, 1.82) is 0 Å². The third kappa shape index (κ3) is 4.43. The Morgan fingerprint density at radius 1 is 1.26 bits per heavy atom. The molecule has 3 N–H and O–H groups in total. The van der Waals surface area contributed by atoms with E-state index in [1.807, 2.05) is 11.8 Å². The van der Waals surface area contributed by atoms with Crippen molar-refractivity contribution in [2.45, 2.75) is 55.9 Å². The Labute approximate surface area is 149 Å². The van der Waals surface area contributed by atoms with Gasteiger partial charge < -0.3 is 11.1 Å². The molecule has 2 aliphatic rings. The lowest BCUT2D eigenvalue weighted by Crippen LogP contribution is -2.40. The molecule has 0 saturated heterocycles. The highest BCUT2D eigenvalue weighted by molar-refractivity contribution is 7.99. The van der Waals surface area contributed by atoms with Crippen LogP contribution < -0.4 is 11.1 Å². The second-order valence-electron chi connectivity index (χ2n) is 6.74. The molecule has 3 rings (SSSR count). The first-order valence-electron chi connectivity index (χ1n) is 8.44. The van der Waals surface area contributed by atoms with Gasteiger partial charge in [-0.25, -0.2) is 0 Å². The largest absolute Gasteiger partial charge is 0.349 e. The Morgan fingerprint density at radius 3 is 2.74 bits per heavy atom. The van der Waals surface area contributed by atoms with Crippen LogP contribution in [0.3, 0.4) is 0 Å². The molecule has 128 valence electrons. The number of nitrogens with two attached hydrogens (primary N) is 1. The van der Waals surface area contributed by atoms with Crippen molar-refractivity contribution in [3.63, 3.8) is 0 Å². The standard InChI is InChI=1S/C18H26N2OS.ClH/c19-13-18(9-4-1-5-10-18)12-17(21)20-15-8-11-22-16-7-3-2-6-14(15)16;/h2-3,6-7,15H,1,4-5,8-13,19H2,(H,20,21);1H. The maximum atomic E-state index is 12.6. The van der Waals surface area contributed by atoms with Crippen LogP contribution >= 0.6 is 24.2 Å². The lowest BCUT2D eigenvalue weighted by Gasteiger charge is -2.36. The quantitative estimate of drug-likeness (QED) is 0.857. The Morgan fingerprint density at radius 2 is 2.00 bits per heavy atom. The molecule has 1 fully saturated rings. The van der Waals surface area contributed by atoms with Gasteiger partial charge in [0.1, 0.15) is 0 Å². The molecule has 0 bridgehead atoms. The average molecular weight is 355 g/mol. The van der Waals surface area contributed by atoms with E-state index in [2.05, 4.69) is 29.6 Å². The second kappa shape index (κ2) is 8.41. The normalized spacial score (nSPS) is 22.6. The van der Waals surface area contributed by atoms with E-state index in [1.165, 1.54) is 29.7 Å². The molecule has 1 aromatic carbocycles. The van der Waals surface area contributed by atoms with Crippen LogP contribution in [-0.4, -0.2) is 18.2 Å². The highest BCUT2D eigenvalue weighted by Gasteiger charge is 2.34. The van der Waals surface area contributed by atoms with Crippen LogP contribution in [0.5, 0.6) is 0 Å². The summed E-state index contributed by atoms with van der Waals surface area (Å²) in [5.74, 6) is 1.25. The Kier molecular flexibility index (Phi) is 6.81. The van der Waals surface area contributed by atoms with Gasteiger partial charge in [-0.2, -0.15) is 0 Å². The first kappa shape index (κ1) is 18.6. The number of fused-ring (bicyclic) bond motifs is 1. The number of hydrogen-bond donors (Lipinski definition) is 2. The van der Waals surface area contributed by atoms with Crippen LogP contribution in [0, 0.1) is 5.41 Å². The van der Waals surface area contributed by atoms with Crippen molar-refractivity contribution in [1.82, 2.24) is 5.32 Å². The summed E-state index contributed by atoms with van der Waals surface area (Å²) in [7, 11) is 0. The van der Waals surface area contributed by atoms with Crippen molar-refractivity contribution in [3.05, 3.63) is 29.8 Å². The van der Waals surface area contributed by atoms with E-state index >= 15 is 0 Å². The summed E-state index contributed by atoms with van der Waals surface area (Å²) < 4.78 is 0. The lowest BCUT2D eigenvalue weighted by atomic mass is 9.71. The van der Waals surface area contributed by atoms with Crippen LogP contribution in [0.25, 0.3) is 0 Å². The molecule has 0 spiro atoms. The first-order chi connectivity index (χ1) is 10.7. The van der Waals surface area contributed by atoms with Crippen LogP contribution in [0.4, 0.5) is 0 Å². The summed E-state index contributed by atoms with van der Waals surface area (Å²) in [5.41, 5.74) is 7.34. The summed E-state index contributed by atoms with van der Waals surface area (Å²) in [5, 5.41) is 3.27. The van der Waals surface area contributed by atoms with Gasteiger partial charge >= 0.3 is 0 Å². The fourth-order valence-corrected chi connectivity index (χ4v) is 4.96. The molecule has 1 unspecified atom stereocenters. The number of hydrogen-bond acceptors (Lipinski definition) is 3. The summed E-state index contributed by atoms with van der Waals surface area (Å²) in [4.78, 5) is 13.9. The van der Waals surface area contributed by atoms with Gasteiger partial charge in [-0.15, -0.1) is 24.2 Å². The third-order valence-corrected chi connectivity index (χ3v) is 6.30. The van der Waals surface area contributed by atoms with Crippen molar-refractivity contribution in [2.24, 2.45) is 11.1 Å². The van der Waals surface area contributed by atoms with Crippen LogP contribution in [0.1, 0.15) is 56.6 Å². The van der Waals surface area contributed by atoms with E-state index in [-0.39, 0.29) is 29.8 Å². The summed E-state index contributed by atoms with van der Waals surface area (Å²) in [6.45, 7) is 0.636. The van der Waals surface area contributed by atoms with Gasteiger partial charge in [0.15, 0.2) is 0 Å². The van der Waals surface area contributed by atoms with Crippen molar-refractivity contribution >= 4 is 30.1 Å². The third-order valence-electron chi connectivity index (χ3n) is 5.18. The Balaban J connectivity index is 0.00000192. The molecule has 1 aliphatic heterocycles. The molecule has 5 heteroatoms. The molecule has 1 aliphatic carbocycles. The van der Waals surface area contributed by atoms with Gasteiger partial charge in [0.05, 0.1) is 6.04 Å². The lowest BCUT2D eigenvalue weighted by molar-refractivity contribution is -0.124. The molecule has 1 atom stereocenters. The molecule has 0 radical (unpaired) electrons. The van der Waals surface area contributed by atoms with E-state index in [9.17, 15) is 4.79 Å². The Bertz CT molecular complexity index is 532. The maximum Gasteiger partial charge on any atom is 0.221 e. The molecular formula is C18H27ClN2OS. The predicted octanol–water partition coefficient (Wildman–Crippen LogP) is 4.06. The van der Waals surface area contributed by atoms with Gasteiger partial charge in [-0.3, -0.25) is 4.79 Å². The smallest absolute Gasteiger partial charge is 0.221 e. The fourth-order valence-electron chi connectivity index (χ4n) is 3.83. The average Bonchev–Trinajstić information content (AvgIpc) is 2.56. The minimum absolute atomic E-state index is 0. The van der Waals surface area contributed by atoms with Crippen molar-refractivity contribution in [2.75, 3.05) is 12.3 Å². The number of rotatable bonds is 4. The predicted molar refractivity (Wildman–Crippen MR) is 99.1 cm³/mol. The number of halogens is 1. The minimum Gasteiger partial charge on any atom is -0.349 e. The zero-order valence-corrected chi connectivity index (χ0v) is 15.2. The Hall–Kier alpha value is -0.710. The van der Waals surface area contributed by atoms with Crippen molar-refractivity contribution in [3.8, 4) is 0 Å². The van der Waals surface area contributed by atoms with Gasteiger partial charge in [0.2, 0.25) is 5.91 Å². The highest BCUT2D eigenvalue weighted by Crippen LogP contribution is 2.39. The number of carbonyl (C=O) groups is 1. The van der Waals surface area contributed by atoms with E-state index in [0.717, 1.165) is 25.0 Å². The van der Waals surface area contributed by atoms with E-state index in [4.69, 9.17) is 5.73 Å². The van der Waals surface area contributed by atoms with Gasteiger partial charge in [0.25, 0.3) is 0 Å². The fraction of sp³-hybridized carbons (Fsp3) is 0.611. The molecule has 23 heavy (non-hydrogen) atoms. The van der Waals surface area contributed by atoms with Gasteiger partial charge in [-0.05, 0) is 42.9 Å². The molecule has 1 heterocycles. The molecule has 1 aromatic rings. The first-order valence-corrected chi connectivity index (χ1v) is 9.42. The monoisotopic (exact) mass is 354 g/mol. The zero-order chi connectivity index (χ0) is 15.4. The number of benzene rings is 1. The topological polar surface area (TPSA) is 55.1 Å². The van der Waals surface area contributed by atoms with Crippen molar-refractivity contribution < 1.29 is 4.79 Å². The summed E-state index contributed by atoms with van der Waals surface area (Å²) in [6.07, 6.45) is 7.54. The van der Waals surface area contributed by atoms with E-state index in [1.54, 1.807) is 0 Å². The number of amides is 1. The van der Waals surface area contributed by atoms with Gasteiger partial charge in [0, 0.05) is 17.1 Å². The van der Waals surface area contributed by atoms with Crippen LogP contribution in [-0.2, 0) is 4.79 Å². The molecule has 1 amide bonds.